The van der Waals surface area contributed by atoms with Crippen LogP contribution in [0.15, 0.2) is 4.99 Å². The van der Waals surface area contributed by atoms with E-state index in [1.165, 1.54) is 32.1 Å². The van der Waals surface area contributed by atoms with Crippen molar-refractivity contribution in [2.45, 2.75) is 44.6 Å². The van der Waals surface area contributed by atoms with Gasteiger partial charge in [0.25, 0.3) is 0 Å². The van der Waals surface area contributed by atoms with Crippen LogP contribution in [0.4, 0.5) is 0 Å². The molecular weight excluding hydrogens is 150 g/mol. The molecule has 2 saturated carbocycles. The van der Waals surface area contributed by atoms with Crippen molar-refractivity contribution in [3.8, 4) is 0 Å². The van der Waals surface area contributed by atoms with E-state index in [-0.39, 0.29) is 0 Å². The number of hydrogen-bond acceptors (Lipinski definition) is 2. The molecule has 0 aromatic carbocycles. The Bertz CT molecular complexity index is 202. The SMILES string of the molecule is O=C=NC1CC1C1CCCCC1. The van der Waals surface area contributed by atoms with Gasteiger partial charge in [-0.2, -0.15) is 0 Å². The second-order valence-corrected chi connectivity index (χ2v) is 4.09. The third-order valence-electron chi connectivity index (χ3n) is 3.28. The van der Waals surface area contributed by atoms with Gasteiger partial charge in [0.2, 0.25) is 6.08 Å². The molecule has 0 saturated heterocycles. The first-order chi connectivity index (χ1) is 5.92. The van der Waals surface area contributed by atoms with Gasteiger partial charge in [0.1, 0.15) is 0 Å². The van der Waals surface area contributed by atoms with Crippen LogP contribution in [0.25, 0.3) is 0 Å². The predicted octanol–water partition coefficient (Wildman–Crippen LogP) is 2.29. The van der Waals surface area contributed by atoms with Crippen molar-refractivity contribution in [1.29, 1.82) is 0 Å². The van der Waals surface area contributed by atoms with Crippen LogP contribution in [-0.4, -0.2) is 12.1 Å². The van der Waals surface area contributed by atoms with E-state index in [0.717, 1.165) is 18.3 Å². The topological polar surface area (TPSA) is 29.4 Å². The minimum Gasteiger partial charge on any atom is -0.211 e. The van der Waals surface area contributed by atoms with Crippen LogP contribution in [-0.2, 0) is 4.79 Å². The third-order valence-corrected chi connectivity index (χ3v) is 3.28. The van der Waals surface area contributed by atoms with E-state index in [1.54, 1.807) is 6.08 Å². The average Bonchev–Trinajstić information content (AvgIpc) is 2.87. The summed E-state index contributed by atoms with van der Waals surface area (Å²) in [6, 6.07) is 0.352. The van der Waals surface area contributed by atoms with Crippen LogP contribution in [0.3, 0.4) is 0 Å². The van der Waals surface area contributed by atoms with Crippen LogP contribution in [0.1, 0.15) is 38.5 Å². The molecule has 0 heterocycles. The van der Waals surface area contributed by atoms with Crippen molar-refractivity contribution in [1.82, 2.24) is 0 Å². The molecule has 2 unspecified atom stereocenters. The summed E-state index contributed by atoms with van der Waals surface area (Å²) in [6.45, 7) is 0. The Morgan fingerprint density at radius 1 is 1.17 bits per heavy atom. The van der Waals surface area contributed by atoms with Gasteiger partial charge in [-0.3, -0.25) is 0 Å². The number of hydrogen-bond donors (Lipinski definition) is 0. The molecule has 2 aliphatic rings. The highest BCUT2D eigenvalue weighted by molar-refractivity contribution is 5.34. The molecule has 0 aromatic heterocycles. The maximum Gasteiger partial charge on any atom is 0.235 e. The highest BCUT2D eigenvalue weighted by Gasteiger charge is 2.42. The molecule has 2 rings (SSSR count). The molecule has 2 atom stereocenters. The lowest BCUT2D eigenvalue weighted by atomic mass is 9.85. The Balaban J connectivity index is 1.82. The molecule has 66 valence electrons. The molecule has 0 amide bonds. The standard InChI is InChI=1S/C10H15NO/c12-7-11-10-6-9(10)8-4-2-1-3-5-8/h8-10H,1-6H2. The predicted molar refractivity (Wildman–Crippen MR) is 46.6 cm³/mol. The fourth-order valence-electron chi connectivity index (χ4n) is 2.49. The summed E-state index contributed by atoms with van der Waals surface area (Å²) in [6.07, 6.45) is 9.75. The van der Waals surface area contributed by atoms with E-state index in [1.807, 2.05) is 0 Å². The molecule has 12 heavy (non-hydrogen) atoms. The van der Waals surface area contributed by atoms with Gasteiger partial charge >= 0.3 is 0 Å². The molecule has 0 spiro atoms. The minimum absolute atomic E-state index is 0.352. The van der Waals surface area contributed by atoms with E-state index in [4.69, 9.17) is 0 Å². The van der Waals surface area contributed by atoms with Gasteiger partial charge in [0.15, 0.2) is 0 Å². The van der Waals surface area contributed by atoms with E-state index in [0.29, 0.717) is 6.04 Å². The van der Waals surface area contributed by atoms with Gasteiger partial charge in [-0.25, -0.2) is 9.79 Å². The Labute approximate surface area is 73.1 Å². The number of isocyanates is 1. The Hall–Kier alpha value is -0.620. The maximum atomic E-state index is 9.99. The lowest BCUT2D eigenvalue weighted by molar-refractivity contribution is 0.318. The number of carbonyl (C=O) groups excluding carboxylic acids is 1. The number of rotatable bonds is 2. The normalized spacial score (nSPS) is 35.7. The van der Waals surface area contributed by atoms with Crippen LogP contribution in [0.5, 0.6) is 0 Å². The Morgan fingerprint density at radius 3 is 2.58 bits per heavy atom. The molecule has 2 fully saturated rings. The average molecular weight is 165 g/mol. The van der Waals surface area contributed by atoms with Crippen molar-refractivity contribution in [2.24, 2.45) is 16.8 Å². The molecule has 0 N–H and O–H groups in total. The van der Waals surface area contributed by atoms with Crippen molar-refractivity contribution in [3.05, 3.63) is 0 Å². The van der Waals surface area contributed by atoms with Gasteiger partial charge in [0.05, 0.1) is 6.04 Å². The second-order valence-electron chi connectivity index (χ2n) is 4.09. The van der Waals surface area contributed by atoms with Crippen molar-refractivity contribution in [3.63, 3.8) is 0 Å². The summed E-state index contributed by atoms with van der Waals surface area (Å²) in [5.74, 6) is 1.62. The molecule has 2 aliphatic carbocycles. The molecule has 0 bridgehead atoms. The fourth-order valence-corrected chi connectivity index (χ4v) is 2.49. The zero-order chi connectivity index (χ0) is 8.39. The fraction of sp³-hybridized carbons (Fsp3) is 0.900. The monoisotopic (exact) mass is 165 g/mol. The van der Waals surface area contributed by atoms with E-state index < -0.39 is 0 Å². The first-order valence-corrected chi connectivity index (χ1v) is 4.99. The molecule has 2 nitrogen and oxygen atoms in total. The third kappa shape index (κ3) is 1.59. The van der Waals surface area contributed by atoms with Gasteiger partial charge in [0, 0.05) is 0 Å². The lowest BCUT2D eigenvalue weighted by Crippen LogP contribution is -2.09. The molecule has 0 radical (unpaired) electrons. The van der Waals surface area contributed by atoms with Crippen molar-refractivity contribution >= 4 is 6.08 Å². The Morgan fingerprint density at radius 2 is 1.92 bits per heavy atom. The van der Waals surface area contributed by atoms with E-state index in [9.17, 15) is 4.79 Å². The van der Waals surface area contributed by atoms with Gasteiger partial charge in [-0.05, 0) is 18.3 Å². The first kappa shape index (κ1) is 8.00. The summed E-state index contributed by atoms with van der Waals surface area (Å²) in [5.41, 5.74) is 0. The summed E-state index contributed by atoms with van der Waals surface area (Å²) in [7, 11) is 0. The van der Waals surface area contributed by atoms with E-state index in [2.05, 4.69) is 4.99 Å². The smallest absolute Gasteiger partial charge is 0.211 e. The highest BCUT2D eigenvalue weighted by Crippen LogP contribution is 2.45. The molecule has 0 aromatic rings. The molecule has 0 aliphatic heterocycles. The first-order valence-electron chi connectivity index (χ1n) is 4.99. The minimum atomic E-state index is 0.352. The second kappa shape index (κ2) is 3.40. The van der Waals surface area contributed by atoms with Gasteiger partial charge < -0.3 is 0 Å². The quantitative estimate of drug-likeness (QED) is 0.456. The zero-order valence-corrected chi connectivity index (χ0v) is 7.33. The van der Waals surface area contributed by atoms with Crippen LogP contribution < -0.4 is 0 Å². The zero-order valence-electron chi connectivity index (χ0n) is 7.33. The van der Waals surface area contributed by atoms with Gasteiger partial charge in [-0.15, -0.1) is 0 Å². The number of aliphatic imine (C=N–C) groups is 1. The van der Waals surface area contributed by atoms with Crippen molar-refractivity contribution < 1.29 is 4.79 Å². The molecule has 2 heteroatoms. The summed E-state index contributed by atoms with van der Waals surface area (Å²) in [4.78, 5) is 13.8. The highest BCUT2D eigenvalue weighted by atomic mass is 16.1. The summed E-state index contributed by atoms with van der Waals surface area (Å²) in [5, 5.41) is 0. The van der Waals surface area contributed by atoms with Crippen LogP contribution >= 0.6 is 0 Å². The molecular formula is C10H15NO. The van der Waals surface area contributed by atoms with Crippen LogP contribution in [0.2, 0.25) is 0 Å². The lowest BCUT2D eigenvalue weighted by Gasteiger charge is -2.20. The number of nitrogens with zero attached hydrogens (tertiary/aromatic N) is 1. The van der Waals surface area contributed by atoms with Crippen molar-refractivity contribution in [2.75, 3.05) is 0 Å². The maximum absolute atomic E-state index is 9.99. The Kier molecular flexibility index (Phi) is 2.27. The largest absolute Gasteiger partial charge is 0.235 e. The summed E-state index contributed by atoms with van der Waals surface area (Å²) >= 11 is 0. The van der Waals surface area contributed by atoms with Gasteiger partial charge in [-0.1, -0.05) is 32.1 Å². The van der Waals surface area contributed by atoms with E-state index >= 15 is 0 Å². The van der Waals surface area contributed by atoms with Crippen LogP contribution in [0, 0.1) is 11.8 Å². The summed E-state index contributed by atoms with van der Waals surface area (Å²) < 4.78 is 0.